The number of rotatable bonds is 10. The smallest absolute Gasteiger partial charge is 0.247 e. The maximum absolute atomic E-state index is 12.7. The van der Waals surface area contributed by atoms with Gasteiger partial charge in [0.25, 0.3) is 0 Å². The van der Waals surface area contributed by atoms with Gasteiger partial charge in [-0.15, -0.1) is 0 Å². The molecule has 0 atom stereocenters. The molecule has 0 saturated carbocycles. The molecule has 0 spiro atoms. The predicted octanol–water partition coefficient (Wildman–Crippen LogP) is 4.95. The molecule has 7 heteroatoms. The number of amides is 2. The molecule has 2 rings (SSSR count). The molecule has 0 saturated heterocycles. The van der Waals surface area contributed by atoms with Crippen LogP contribution in [0.25, 0.3) is 6.08 Å². The second kappa shape index (κ2) is 12.0. The van der Waals surface area contributed by atoms with E-state index < -0.39 is 0 Å². The third-order valence-corrected chi connectivity index (χ3v) is 4.80. The molecule has 0 aliphatic rings. The van der Waals surface area contributed by atoms with Gasteiger partial charge in [0.15, 0.2) is 11.5 Å². The summed E-state index contributed by atoms with van der Waals surface area (Å²) in [4.78, 5) is 26.7. The van der Waals surface area contributed by atoms with Crippen molar-refractivity contribution in [2.75, 3.05) is 32.1 Å². The number of hydrogen-bond acceptors (Lipinski definition) is 4. The fourth-order valence-corrected chi connectivity index (χ4v) is 3.28. The van der Waals surface area contributed by atoms with Crippen LogP contribution in [0.4, 0.5) is 5.69 Å². The highest BCUT2D eigenvalue weighted by Gasteiger charge is 2.16. The number of anilines is 1. The summed E-state index contributed by atoms with van der Waals surface area (Å²) in [5.41, 5.74) is 2.40. The number of methoxy groups -OCH3 is 1. The molecular formula is C24H29ClN2O4. The number of ether oxygens (including phenoxy) is 2. The third-order valence-electron chi connectivity index (χ3n) is 4.52. The summed E-state index contributed by atoms with van der Waals surface area (Å²) in [6, 6.07) is 11.0. The van der Waals surface area contributed by atoms with Crippen LogP contribution in [0.3, 0.4) is 0 Å². The van der Waals surface area contributed by atoms with E-state index in [0.717, 1.165) is 17.7 Å². The van der Waals surface area contributed by atoms with Crippen LogP contribution in [0.2, 0.25) is 5.02 Å². The van der Waals surface area contributed by atoms with Crippen molar-refractivity contribution in [1.82, 2.24) is 4.90 Å². The molecule has 0 heterocycles. The maximum atomic E-state index is 12.7. The molecule has 0 bridgehead atoms. The van der Waals surface area contributed by atoms with E-state index in [1.165, 1.54) is 18.1 Å². The Balaban J connectivity index is 2.11. The number of para-hydroxylation sites is 1. The van der Waals surface area contributed by atoms with Crippen molar-refractivity contribution < 1.29 is 19.1 Å². The van der Waals surface area contributed by atoms with E-state index in [-0.39, 0.29) is 18.4 Å². The second-order valence-electron chi connectivity index (χ2n) is 6.92. The van der Waals surface area contributed by atoms with Crippen molar-refractivity contribution in [3.8, 4) is 11.5 Å². The Hall–Kier alpha value is -2.99. The van der Waals surface area contributed by atoms with Crippen LogP contribution in [0.5, 0.6) is 11.5 Å². The van der Waals surface area contributed by atoms with Crippen molar-refractivity contribution in [3.63, 3.8) is 0 Å². The highest BCUT2D eigenvalue weighted by Crippen LogP contribution is 2.36. The Kier molecular flexibility index (Phi) is 9.40. The summed E-state index contributed by atoms with van der Waals surface area (Å²) in [7, 11) is 1.53. The second-order valence-corrected chi connectivity index (χ2v) is 7.33. The third kappa shape index (κ3) is 7.03. The molecule has 0 aliphatic carbocycles. The molecule has 31 heavy (non-hydrogen) atoms. The molecule has 0 unspecified atom stereocenters. The molecule has 2 aromatic rings. The van der Waals surface area contributed by atoms with Crippen molar-refractivity contribution in [2.45, 2.75) is 27.2 Å². The lowest BCUT2D eigenvalue weighted by atomic mass is 10.1. The van der Waals surface area contributed by atoms with Gasteiger partial charge in [-0.3, -0.25) is 9.59 Å². The number of benzene rings is 2. The zero-order chi connectivity index (χ0) is 22.8. The van der Waals surface area contributed by atoms with Crippen molar-refractivity contribution in [3.05, 3.63) is 58.6 Å². The lowest BCUT2D eigenvalue weighted by Crippen LogP contribution is -2.37. The summed E-state index contributed by atoms with van der Waals surface area (Å²) >= 11 is 6.29. The van der Waals surface area contributed by atoms with Gasteiger partial charge in [0.2, 0.25) is 11.8 Å². The molecule has 0 aromatic heterocycles. The van der Waals surface area contributed by atoms with Crippen LogP contribution >= 0.6 is 11.6 Å². The zero-order valence-corrected chi connectivity index (χ0v) is 19.2. The quantitative estimate of drug-likeness (QED) is 0.526. The fraction of sp³-hybridized carbons (Fsp3) is 0.333. The SMILES string of the molecule is CCCN(CC(=O)Nc1ccccc1C)C(=O)/C=C/c1cc(Cl)c(OCC)c(OC)c1. The summed E-state index contributed by atoms with van der Waals surface area (Å²) in [6.45, 7) is 6.64. The number of nitrogens with zero attached hydrogens (tertiary/aromatic N) is 1. The Bertz CT molecular complexity index is 943. The number of nitrogens with one attached hydrogen (secondary N) is 1. The first-order valence-corrected chi connectivity index (χ1v) is 10.6. The Morgan fingerprint density at radius 1 is 1.19 bits per heavy atom. The monoisotopic (exact) mass is 444 g/mol. The topological polar surface area (TPSA) is 67.9 Å². The molecule has 6 nitrogen and oxygen atoms in total. The zero-order valence-electron chi connectivity index (χ0n) is 18.4. The first-order chi connectivity index (χ1) is 14.9. The lowest BCUT2D eigenvalue weighted by molar-refractivity contribution is -0.130. The Labute approximate surface area is 188 Å². The van der Waals surface area contributed by atoms with Crippen LogP contribution < -0.4 is 14.8 Å². The van der Waals surface area contributed by atoms with E-state index in [1.54, 1.807) is 18.2 Å². The molecule has 0 radical (unpaired) electrons. The van der Waals surface area contributed by atoms with Gasteiger partial charge in [-0.05, 0) is 55.7 Å². The minimum atomic E-state index is -0.259. The van der Waals surface area contributed by atoms with Crippen molar-refractivity contribution >= 4 is 35.2 Å². The number of hydrogen-bond donors (Lipinski definition) is 1. The van der Waals surface area contributed by atoms with Gasteiger partial charge < -0.3 is 19.7 Å². The van der Waals surface area contributed by atoms with Crippen molar-refractivity contribution in [1.29, 1.82) is 0 Å². The highest BCUT2D eigenvalue weighted by molar-refractivity contribution is 6.32. The largest absolute Gasteiger partial charge is 0.493 e. The summed E-state index contributed by atoms with van der Waals surface area (Å²) in [5.74, 6) is 0.459. The van der Waals surface area contributed by atoms with E-state index >= 15 is 0 Å². The predicted molar refractivity (Wildman–Crippen MR) is 125 cm³/mol. The minimum absolute atomic E-state index is 0.0291. The number of aryl methyl sites for hydroxylation is 1. The summed E-state index contributed by atoms with van der Waals surface area (Å²) in [6.07, 6.45) is 3.82. The number of carbonyl (C=O) groups excluding carboxylic acids is 2. The van der Waals surface area contributed by atoms with Gasteiger partial charge in [-0.2, -0.15) is 0 Å². The normalized spacial score (nSPS) is 10.7. The van der Waals surface area contributed by atoms with Gasteiger partial charge in [0, 0.05) is 18.3 Å². The first-order valence-electron chi connectivity index (χ1n) is 10.2. The van der Waals surface area contributed by atoms with Gasteiger partial charge in [0.05, 0.1) is 18.7 Å². The Morgan fingerprint density at radius 2 is 1.94 bits per heavy atom. The molecule has 0 fully saturated rings. The van der Waals surface area contributed by atoms with E-state index in [9.17, 15) is 9.59 Å². The van der Waals surface area contributed by atoms with E-state index in [1.807, 2.05) is 45.0 Å². The lowest BCUT2D eigenvalue weighted by Gasteiger charge is -2.20. The van der Waals surface area contributed by atoms with Crippen LogP contribution in [0.15, 0.2) is 42.5 Å². The fourth-order valence-electron chi connectivity index (χ4n) is 3.01. The van der Waals surface area contributed by atoms with Crippen LogP contribution in [0.1, 0.15) is 31.4 Å². The molecular weight excluding hydrogens is 416 g/mol. The average molecular weight is 445 g/mol. The number of halogens is 1. The highest BCUT2D eigenvalue weighted by atomic mass is 35.5. The van der Waals surface area contributed by atoms with Gasteiger partial charge in [-0.1, -0.05) is 36.7 Å². The van der Waals surface area contributed by atoms with Gasteiger partial charge in [0.1, 0.15) is 6.54 Å². The van der Waals surface area contributed by atoms with E-state index in [4.69, 9.17) is 21.1 Å². The molecule has 2 amide bonds. The maximum Gasteiger partial charge on any atom is 0.247 e. The molecule has 166 valence electrons. The van der Waals surface area contributed by atoms with Crippen LogP contribution in [0, 0.1) is 6.92 Å². The summed E-state index contributed by atoms with van der Waals surface area (Å²) in [5, 5.41) is 3.26. The van der Waals surface area contributed by atoms with Gasteiger partial charge in [-0.25, -0.2) is 0 Å². The minimum Gasteiger partial charge on any atom is -0.493 e. The Morgan fingerprint density at radius 3 is 2.58 bits per heavy atom. The van der Waals surface area contributed by atoms with E-state index in [2.05, 4.69) is 5.32 Å². The first kappa shape index (κ1) is 24.3. The van der Waals surface area contributed by atoms with E-state index in [0.29, 0.717) is 35.2 Å². The van der Waals surface area contributed by atoms with Crippen LogP contribution in [-0.2, 0) is 9.59 Å². The molecule has 1 N–H and O–H groups in total. The summed E-state index contributed by atoms with van der Waals surface area (Å²) < 4.78 is 10.8. The average Bonchev–Trinajstić information content (AvgIpc) is 2.75. The number of carbonyl (C=O) groups is 2. The van der Waals surface area contributed by atoms with Crippen molar-refractivity contribution in [2.24, 2.45) is 0 Å². The van der Waals surface area contributed by atoms with Crippen LogP contribution in [-0.4, -0.2) is 43.5 Å². The molecule has 2 aromatic carbocycles. The van der Waals surface area contributed by atoms with Gasteiger partial charge >= 0.3 is 0 Å². The standard InChI is InChI=1S/C24H29ClN2O4/c1-5-13-27(16-22(28)26-20-10-8-7-9-17(20)3)23(29)12-11-18-14-19(25)24(31-6-2)21(15-18)30-4/h7-12,14-15H,5-6,13,16H2,1-4H3,(H,26,28)/b12-11+. The molecule has 0 aliphatic heterocycles.